The van der Waals surface area contributed by atoms with E-state index in [1.807, 2.05) is 9.80 Å². The van der Waals surface area contributed by atoms with Crippen LogP contribution in [0.25, 0.3) is 0 Å². The minimum Gasteiger partial charge on any atom is -0.368 e. The molecule has 4 aliphatic heterocycles. The molecule has 0 bridgehead atoms. The molecule has 0 spiro atoms. The van der Waals surface area contributed by atoms with Crippen LogP contribution in [0.5, 0.6) is 0 Å². The summed E-state index contributed by atoms with van der Waals surface area (Å²) in [6.07, 6.45) is 1.71. The Labute approximate surface area is 135 Å². The Balaban J connectivity index is 0.00000144. The van der Waals surface area contributed by atoms with Gasteiger partial charge in [0.25, 0.3) is 0 Å². The van der Waals surface area contributed by atoms with Crippen molar-refractivity contribution in [2.45, 2.75) is 0 Å². The number of hydrogen-bond acceptors (Lipinski definition) is 6. The van der Waals surface area contributed by atoms with Gasteiger partial charge in [-0.15, -0.1) is 22.6 Å². The van der Waals surface area contributed by atoms with Crippen molar-refractivity contribution < 1.29 is 0 Å². The highest BCUT2D eigenvalue weighted by atomic mass is 35.5. The minimum absolute atomic E-state index is 0. The smallest absolute Gasteiger partial charge is 0.223 e. The number of hydrogen-bond donors (Lipinski definition) is 1. The van der Waals surface area contributed by atoms with Crippen molar-refractivity contribution in [2.24, 2.45) is 25.9 Å². The van der Waals surface area contributed by atoms with Crippen molar-refractivity contribution in [3.05, 3.63) is 0 Å². The lowest BCUT2D eigenvalue weighted by atomic mass is 10.5. The molecule has 0 aliphatic carbocycles. The topological polar surface area (TPSA) is 88.4 Å². The second-order valence-electron chi connectivity index (χ2n) is 5.37. The molecular formula is C12H20ClN9. The average Bonchev–Trinajstić information content (AvgIpc) is 3.20. The molecule has 10 heteroatoms. The molecule has 0 aromatic heterocycles. The third-order valence-electron chi connectivity index (χ3n) is 4.14. The van der Waals surface area contributed by atoms with E-state index in [4.69, 9.17) is 5.73 Å². The number of guanidine groups is 3. The van der Waals surface area contributed by atoms with E-state index < -0.39 is 0 Å². The van der Waals surface area contributed by atoms with Crippen molar-refractivity contribution >= 4 is 36.6 Å². The lowest BCUT2D eigenvalue weighted by Crippen LogP contribution is -2.40. The number of fused-ring (bicyclic) bond motifs is 2. The van der Waals surface area contributed by atoms with Crippen LogP contribution >= 0.6 is 12.4 Å². The van der Waals surface area contributed by atoms with Gasteiger partial charge >= 0.3 is 0 Å². The van der Waals surface area contributed by atoms with Crippen LogP contribution < -0.4 is 5.73 Å². The Morgan fingerprint density at radius 3 is 2.45 bits per heavy atom. The summed E-state index contributed by atoms with van der Waals surface area (Å²) in [6, 6.07) is 0. The number of halogens is 1. The van der Waals surface area contributed by atoms with Crippen LogP contribution in [-0.4, -0.2) is 96.2 Å². The van der Waals surface area contributed by atoms with Gasteiger partial charge in [-0.05, 0) is 0 Å². The van der Waals surface area contributed by atoms with Gasteiger partial charge in [-0.1, -0.05) is 0 Å². The number of aliphatic imine (C=N–C) groups is 2. The fourth-order valence-electron chi connectivity index (χ4n) is 3.07. The molecule has 0 aromatic carbocycles. The maximum absolute atomic E-state index is 6.02. The van der Waals surface area contributed by atoms with E-state index in [0.717, 1.165) is 64.3 Å². The molecular weight excluding hydrogens is 306 g/mol. The standard InChI is InChI=1S/C12H19N9.ClH/c13-10(21-8-7-19-4-2-15-12(19)21)17-16-9-20-6-5-18-3-1-14-11(18)20;/h9H,1-8H2,(H2,13,17);1H/b16-9-;. The molecule has 0 unspecified atom stereocenters. The average molecular weight is 326 g/mol. The largest absolute Gasteiger partial charge is 0.368 e. The van der Waals surface area contributed by atoms with Crippen LogP contribution in [0.15, 0.2) is 20.2 Å². The van der Waals surface area contributed by atoms with Crippen LogP contribution in [0.2, 0.25) is 0 Å². The fourth-order valence-corrected chi connectivity index (χ4v) is 3.07. The van der Waals surface area contributed by atoms with E-state index in [1.165, 1.54) is 0 Å². The van der Waals surface area contributed by atoms with Crippen LogP contribution in [0.4, 0.5) is 0 Å². The number of rotatable bonds is 2. The fraction of sp³-hybridized carbons (Fsp3) is 0.667. The zero-order chi connectivity index (χ0) is 14.2. The van der Waals surface area contributed by atoms with Gasteiger partial charge < -0.3 is 15.5 Å². The molecule has 2 fully saturated rings. The van der Waals surface area contributed by atoms with Gasteiger partial charge in [-0.25, -0.2) is 0 Å². The van der Waals surface area contributed by atoms with E-state index in [-0.39, 0.29) is 12.4 Å². The van der Waals surface area contributed by atoms with Gasteiger partial charge in [-0.2, -0.15) is 0 Å². The molecule has 120 valence electrons. The van der Waals surface area contributed by atoms with E-state index in [0.29, 0.717) is 5.96 Å². The molecule has 22 heavy (non-hydrogen) atoms. The second-order valence-corrected chi connectivity index (χ2v) is 5.37. The first-order valence-electron chi connectivity index (χ1n) is 7.32. The Kier molecular flexibility index (Phi) is 4.06. The van der Waals surface area contributed by atoms with Gasteiger partial charge in [-0.3, -0.25) is 19.8 Å². The Hall–Kier alpha value is -2.03. The third-order valence-corrected chi connectivity index (χ3v) is 4.14. The highest BCUT2D eigenvalue weighted by molar-refractivity contribution is 6.00. The summed E-state index contributed by atoms with van der Waals surface area (Å²) in [6.45, 7) is 7.38. The van der Waals surface area contributed by atoms with Gasteiger partial charge in [0, 0.05) is 39.3 Å². The minimum atomic E-state index is 0. The SMILES string of the molecule is Cl.NC(=N/N=C\N1CCN2CCN=C12)N1CCN2CCN=C21. The summed E-state index contributed by atoms with van der Waals surface area (Å²) in [7, 11) is 0. The van der Waals surface area contributed by atoms with Gasteiger partial charge in [0.2, 0.25) is 17.9 Å². The second kappa shape index (κ2) is 5.99. The first-order chi connectivity index (χ1) is 10.3. The number of nitrogens with two attached hydrogens (primary N) is 1. The third kappa shape index (κ3) is 2.45. The Morgan fingerprint density at radius 1 is 0.955 bits per heavy atom. The predicted octanol–water partition coefficient (Wildman–Crippen LogP) is -1.36. The summed E-state index contributed by atoms with van der Waals surface area (Å²) in [5, 5.41) is 8.23. The molecule has 0 atom stereocenters. The lowest BCUT2D eigenvalue weighted by Gasteiger charge is -2.16. The van der Waals surface area contributed by atoms with E-state index in [9.17, 15) is 0 Å². The zero-order valence-corrected chi connectivity index (χ0v) is 13.1. The molecule has 9 nitrogen and oxygen atoms in total. The van der Waals surface area contributed by atoms with E-state index >= 15 is 0 Å². The molecule has 0 amide bonds. The summed E-state index contributed by atoms with van der Waals surface area (Å²) in [4.78, 5) is 17.3. The Morgan fingerprint density at radius 2 is 1.64 bits per heavy atom. The molecule has 2 saturated heterocycles. The highest BCUT2D eigenvalue weighted by Gasteiger charge is 2.31. The van der Waals surface area contributed by atoms with Gasteiger partial charge in [0.15, 0.2) is 0 Å². The zero-order valence-electron chi connectivity index (χ0n) is 12.3. The predicted molar refractivity (Wildman–Crippen MR) is 88.5 cm³/mol. The maximum Gasteiger partial charge on any atom is 0.223 e. The van der Waals surface area contributed by atoms with Crippen LogP contribution in [0, 0.1) is 0 Å². The molecule has 0 aromatic rings. The van der Waals surface area contributed by atoms with Crippen molar-refractivity contribution in [1.82, 2.24) is 19.6 Å². The maximum atomic E-state index is 6.02. The molecule has 4 heterocycles. The van der Waals surface area contributed by atoms with E-state index in [1.54, 1.807) is 6.34 Å². The van der Waals surface area contributed by atoms with Crippen molar-refractivity contribution in [3.8, 4) is 0 Å². The molecule has 4 rings (SSSR count). The summed E-state index contributed by atoms with van der Waals surface area (Å²) >= 11 is 0. The van der Waals surface area contributed by atoms with Crippen LogP contribution in [-0.2, 0) is 0 Å². The van der Waals surface area contributed by atoms with Gasteiger partial charge in [0.1, 0.15) is 6.34 Å². The molecule has 0 radical (unpaired) electrons. The lowest BCUT2D eigenvalue weighted by molar-refractivity contribution is 0.501. The summed E-state index contributed by atoms with van der Waals surface area (Å²) in [5.74, 6) is 2.33. The highest BCUT2D eigenvalue weighted by Crippen LogP contribution is 2.13. The van der Waals surface area contributed by atoms with Crippen LogP contribution in [0.1, 0.15) is 0 Å². The monoisotopic (exact) mass is 325 g/mol. The quantitative estimate of drug-likeness (QED) is 0.385. The van der Waals surface area contributed by atoms with E-state index in [2.05, 4.69) is 30.0 Å². The first-order valence-corrected chi connectivity index (χ1v) is 7.32. The molecule has 2 N–H and O–H groups in total. The van der Waals surface area contributed by atoms with Crippen molar-refractivity contribution in [3.63, 3.8) is 0 Å². The Bertz CT molecular complexity index is 555. The molecule has 0 saturated carbocycles. The van der Waals surface area contributed by atoms with Crippen molar-refractivity contribution in [2.75, 3.05) is 52.4 Å². The van der Waals surface area contributed by atoms with Crippen LogP contribution in [0.3, 0.4) is 0 Å². The molecule has 4 aliphatic rings. The number of nitrogens with zero attached hydrogens (tertiary/aromatic N) is 8. The summed E-state index contributed by atoms with van der Waals surface area (Å²) in [5.41, 5.74) is 6.02. The normalized spacial score (nSPS) is 23.9. The first kappa shape index (κ1) is 14.9. The summed E-state index contributed by atoms with van der Waals surface area (Å²) < 4.78 is 0. The van der Waals surface area contributed by atoms with Gasteiger partial charge in [0.05, 0.1) is 13.1 Å². The van der Waals surface area contributed by atoms with Crippen molar-refractivity contribution in [1.29, 1.82) is 0 Å².